The first-order valence-corrected chi connectivity index (χ1v) is 7.11. The number of thiophene rings is 1. The van der Waals surface area contributed by atoms with Crippen molar-refractivity contribution in [2.45, 2.75) is 27.2 Å². The second-order valence-corrected chi connectivity index (χ2v) is 4.96. The molecule has 0 aliphatic rings. The monoisotopic (exact) mass is 284 g/mol. The van der Waals surface area contributed by atoms with Crippen molar-refractivity contribution in [1.82, 2.24) is 0 Å². The van der Waals surface area contributed by atoms with Crippen LogP contribution in [0.3, 0.4) is 0 Å². The molecule has 0 atom stereocenters. The van der Waals surface area contributed by atoms with Gasteiger partial charge in [0, 0.05) is 19.5 Å². The number of nitrogen functional groups attached to an aromatic ring is 1. The maximum absolute atomic E-state index is 11.9. The van der Waals surface area contributed by atoms with Gasteiger partial charge in [-0.1, -0.05) is 6.92 Å². The highest BCUT2D eigenvalue weighted by molar-refractivity contribution is 7.19. The average molecular weight is 284 g/mol. The number of anilines is 2. The highest BCUT2D eigenvalue weighted by Crippen LogP contribution is 2.39. The quantitative estimate of drug-likeness (QED) is 0.642. The van der Waals surface area contributed by atoms with Crippen LogP contribution in [0.1, 0.15) is 47.2 Å². The van der Waals surface area contributed by atoms with Crippen molar-refractivity contribution in [3.05, 3.63) is 10.4 Å². The zero-order valence-corrected chi connectivity index (χ0v) is 12.6. The minimum Gasteiger partial charge on any atom is -0.465 e. The lowest BCUT2D eigenvalue weighted by molar-refractivity contribution is 0.0603. The fourth-order valence-corrected chi connectivity index (χ4v) is 3.18. The third kappa shape index (κ3) is 2.89. The summed E-state index contributed by atoms with van der Waals surface area (Å²) in [5.41, 5.74) is 6.52. The summed E-state index contributed by atoms with van der Waals surface area (Å²) in [5, 5.41) is 0.714. The molecule has 1 heterocycles. The Morgan fingerprint density at radius 2 is 1.84 bits per heavy atom. The zero-order valence-electron chi connectivity index (χ0n) is 11.8. The van der Waals surface area contributed by atoms with Crippen molar-refractivity contribution in [1.29, 1.82) is 0 Å². The molecule has 0 fully saturated rings. The van der Waals surface area contributed by atoms with Crippen LogP contribution in [0.2, 0.25) is 0 Å². The largest absolute Gasteiger partial charge is 0.465 e. The Morgan fingerprint density at radius 3 is 2.26 bits per heavy atom. The molecule has 0 radical (unpaired) electrons. The number of ketones is 1. The third-order valence-electron chi connectivity index (χ3n) is 2.94. The molecule has 0 aliphatic carbocycles. The van der Waals surface area contributed by atoms with E-state index in [1.165, 1.54) is 18.4 Å². The van der Waals surface area contributed by atoms with E-state index < -0.39 is 5.97 Å². The lowest BCUT2D eigenvalue weighted by Gasteiger charge is -2.20. The lowest BCUT2D eigenvalue weighted by atomic mass is 10.1. The highest BCUT2D eigenvalue weighted by Gasteiger charge is 2.27. The van der Waals surface area contributed by atoms with E-state index in [0.29, 0.717) is 21.9 Å². The summed E-state index contributed by atoms with van der Waals surface area (Å²) in [4.78, 5) is 26.2. The molecule has 2 N–H and O–H groups in total. The molecule has 0 spiro atoms. The lowest BCUT2D eigenvalue weighted by Crippen LogP contribution is -2.23. The van der Waals surface area contributed by atoms with Gasteiger partial charge in [-0.2, -0.15) is 0 Å². The molecule has 1 aromatic heterocycles. The molecule has 0 bridgehead atoms. The molecule has 0 saturated heterocycles. The third-order valence-corrected chi connectivity index (χ3v) is 4.25. The molecule has 0 aliphatic heterocycles. The van der Waals surface area contributed by atoms with Gasteiger partial charge in [0.15, 0.2) is 5.78 Å². The van der Waals surface area contributed by atoms with Gasteiger partial charge < -0.3 is 15.4 Å². The summed E-state index contributed by atoms with van der Waals surface area (Å²) in [7, 11) is 1.31. The summed E-state index contributed by atoms with van der Waals surface area (Å²) in [5.74, 6) is -0.545. The van der Waals surface area contributed by atoms with Gasteiger partial charge in [-0.05, 0) is 13.8 Å². The molecule has 0 amide bonds. The predicted molar refractivity (Wildman–Crippen MR) is 78.3 cm³/mol. The van der Waals surface area contributed by atoms with Gasteiger partial charge >= 0.3 is 5.97 Å². The molecule has 1 rings (SSSR count). The first kappa shape index (κ1) is 15.5. The second-order valence-electron chi connectivity index (χ2n) is 3.97. The van der Waals surface area contributed by atoms with Crippen LogP contribution in [-0.4, -0.2) is 32.0 Å². The van der Waals surface area contributed by atoms with Crippen molar-refractivity contribution in [2.24, 2.45) is 0 Å². The Hall–Kier alpha value is -1.56. The van der Waals surface area contributed by atoms with E-state index in [4.69, 9.17) is 10.5 Å². The molecule has 106 valence electrons. The summed E-state index contributed by atoms with van der Waals surface area (Å²) < 4.78 is 4.77. The van der Waals surface area contributed by atoms with Crippen LogP contribution < -0.4 is 10.6 Å². The SMILES string of the molecule is CCC(=O)c1sc(N(CC)CC)c(C(=O)OC)c1N. The second kappa shape index (κ2) is 6.56. The molecule has 6 heteroatoms. The van der Waals surface area contributed by atoms with E-state index in [2.05, 4.69) is 0 Å². The summed E-state index contributed by atoms with van der Waals surface area (Å²) >= 11 is 1.27. The number of Topliss-reactive ketones (excluding diaryl/α,β-unsaturated/α-hetero) is 1. The molecule has 0 unspecified atom stereocenters. The van der Waals surface area contributed by atoms with Crippen molar-refractivity contribution in [3.63, 3.8) is 0 Å². The van der Waals surface area contributed by atoms with Gasteiger partial charge in [0.2, 0.25) is 0 Å². The topological polar surface area (TPSA) is 72.6 Å². The van der Waals surface area contributed by atoms with E-state index >= 15 is 0 Å². The average Bonchev–Trinajstić information content (AvgIpc) is 2.76. The van der Waals surface area contributed by atoms with Gasteiger partial charge in [0.25, 0.3) is 0 Å². The smallest absolute Gasteiger partial charge is 0.343 e. The minimum atomic E-state index is -0.495. The Bertz CT molecular complexity index is 478. The van der Waals surface area contributed by atoms with Crippen LogP contribution in [-0.2, 0) is 4.74 Å². The number of esters is 1. The van der Waals surface area contributed by atoms with Crippen molar-refractivity contribution < 1.29 is 14.3 Å². The maximum Gasteiger partial charge on any atom is 0.343 e. The fraction of sp³-hybridized carbons (Fsp3) is 0.538. The molecule has 5 nitrogen and oxygen atoms in total. The van der Waals surface area contributed by atoms with E-state index in [9.17, 15) is 9.59 Å². The predicted octanol–water partition coefficient (Wildman–Crippen LogP) is 2.56. The molecule has 0 aromatic carbocycles. The van der Waals surface area contributed by atoms with Gasteiger partial charge in [-0.3, -0.25) is 4.79 Å². The summed E-state index contributed by atoms with van der Waals surface area (Å²) in [6.07, 6.45) is 0.364. The van der Waals surface area contributed by atoms with Crippen LogP contribution in [0.5, 0.6) is 0 Å². The standard InChI is InChI=1S/C13H20N2O3S/c1-5-8(16)11-10(14)9(13(17)18-4)12(19-11)15(6-2)7-3/h5-7,14H2,1-4H3. The number of hydrogen-bond donors (Lipinski definition) is 1. The first-order chi connectivity index (χ1) is 9.01. The van der Waals surface area contributed by atoms with Crippen LogP contribution in [0, 0.1) is 0 Å². The Balaban J connectivity index is 3.43. The number of nitrogens with two attached hydrogens (primary N) is 1. The Morgan fingerprint density at radius 1 is 1.26 bits per heavy atom. The molecule has 19 heavy (non-hydrogen) atoms. The van der Waals surface area contributed by atoms with E-state index in [0.717, 1.165) is 13.1 Å². The van der Waals surface area contributed by atoms with Gasteiger partial charge in [-0.25, -0.2) is 4.79 Å². The summed E-state index contributed by atoms with van der Waals surface area (Å²) in [6.45, 7) is 7.22. The number of rotatable bonds is 6. The Kier molecular flexibility index (Phi) is 5.35. The summed E-state index contributed by atoms with van der Waals surface area (Å²) in [6, 6.07) is 0. The number of carbonyl (C=O) groups excluding carboxylic acids is 2. The van der Waals surface area contributed by atoms with Crippen LogP contribution in [0.4, 0.5) is 10.7 Å². The van der Waals surface area contributed by atoms with Crippen LogP contribution in [0.25, 0.3) is 0 Å². The molecule has 1 aromatic rings. The van der Waals surface area contributed by atoms with Gasteiger partial charge in [0.05, 0.1) is 17.7 Å². The van der Waals surface area contributed by atoms with Crippen LogP contribution in [0.15, 0.2) is 0 Å². The number of hydrogen-bond acceptors (Lipinski definition) is 6. The minimum absolute atomic E-state index is 0.0499. The van der Waals surface area contributed by atoms with Crippen LogP contribution >= 0.6 is 11.3 Å². The number of nitrogens with zero attached hydrogens (tertiary/aromatic N) is 1. The number of methoxy groups -OCH3 is 1. The van der Waals surface area contributed by atoms with E-state index in [1.807, 2.05) is 18.7 Å². The van der Waals surface area contributed by atoms with Gasteiger partial charge in [-0.15, -0.1) is 11.3 Å². The van der Waals surface area contributed by atoms with E-state index in [1.54, 1.807) is 6.92 Å². The maximum atomic E-state index is 11.9. The molecule has 0 saturated carbocycles. The van der Waals surface area contributed by atoms with E-state index in [-0.39, 0.29) is 11.5 Å². The van der Waals surface area contributed by atoms with Gasteiger partial charge in [0.1, 0.15) is 10.6 Å². The highest BCUT2D eigenvalue weighted by atomic mass is 32.1. The number of carbonyl (C=O) groups is 2. The van der Waals surface area contributed by atoms with Crippen molar-refractivity contribution in [3.8, 4) is 0 Å². The number of ether oxygens (including phenoxy) is 1. The van der Waals surface area contributed by atoms with Crippen molar-refractivity contribution in [2.75, 3.05) is 30.8 Å². The molecular weight excluding hydrogens is 264 g/mol. The zero-order chi connectivity index (χ0) is 14.6. The normalized spacial score (nSPS) is 10.3. The molecular formula is C13H20N2O3S. The van der Waals surface area contributed by atoms with Crippen molar-refractivity contribution >= 4 is 33.8 Å². The Labute approximate surface area is 117 Å². The first-order valence-electron chi connectivity index (χ1n) is 6.30. The fourth-order valence-electron chi connectivity index (χ4n) is 1.83.